The van der Waals surface area contributed by atoms with E-state index < -0.39 is 0 Å². The number of rotatable bonds is 3. The van der Waals surface area contributed by atoms with Crippen LogP contribution in [0.5, 0.6) is 0 Å². The lowest BCUT2D eigenvalue weighted by atomic mass is 10.1. The molecule has 0 radical (unpaired) electrons. The molecule has 4 heteroatoms. The quantitative estimate of drug-likeness (QED) is 0.760. The molecule has 2 N–H and O–H groups in total. The Bertz CT molecular complexity index is 796. The fourth-order valence-electron chi connectivity index (χ4n) is 2.14. The number of aryl methyl sites for hydroxylation is 1. The lowest BCUT2D eigenvalue weighted by molar-refractivity contribution is 1.10. The molecular formula is C16H14N4. The minimum absolute atomic E-state index is 0.633. The number of nitrogens with zero attached hydrogens (tertiary/aromatic N) is 2. The summed E-state index contributed by atoms with van der Waals surface area (Å²) in [7, 11) is 0. The minimum atomic E-state index is 0.633. The van der Waals surface area contributed by atoms with Crippen LogP contribution in [0.2, 0.25) is 0 Å². The number of nitrogens with one attached hydrogen (secondary N) is 2. The maximum absolute atomic E-state index is 8.88. The maximum atomic E-state index is 8.88. The van der Waals surface area contributed by atoms with Crippen LogP contribution in [-0.2, 0) is 6.54 Å². The van der Waals surface area contributed by atoms with Crippen LogP contribution in [0.3, 0.4) is 0 Å². The summed E-state index contributed by atoms with van der Waals surface area (Å²) in [5, 5.41) is 12.1. The SMILES string of the molecule is Cc1ccc2nc(NCc3cccc(C#N)c3)[nH]c2c1. The zero-order valence-corrected chi connectivity index (χ0v) is 11.1. The molecule has 0 fully saturated rings. The average molecular weight is 262 g/mol. The molecule has 4 nitrogen and oxygen atoms in total. The molecule has 0 saturated heterocycles. The summed E-state index contributed by atoms with van der Waals surface area (Å²) in [4.78, 5) is 7.73. The summed E-state index contributed by atoms with van der Waals surface area (Å²) < 4.78 is 0. The molecule has 1 heterocycles. The van der Waals surface area contributed by atoms with Crippen LogP contribution in [0, 0.1) is 18.3 Å². The largest absolute Gasteiger partial charge is 0.352 e. The number of H-pyrrole nitrogens is 1. The predicted molar refractivity (Wildman–Crippen MR) is 79.3 cm³/mol. The topological polar surface area (TPSA) is 64.5 Å². The smallest absolute Gasteiger partial charge is 0.201 e. The van der Waals surface area contributed by atoms with E-state index in [9.17, 15) is 0 Å². The van der Waals surface area contributed by atoms with Crippen LogP contribution < -0.4 is 5.32 Å². The Labute approximate surface area is 117 Å². The van der Waals surface area contributed by atoms with Gasteiger partial charge in [0, 0.05) is 6.54 Å². The molecule has 0 aliphatic heterocycles. The Balaban J connectivity index is 1.78. The van der Waals surface area contributed by atoms with Gasteiger partial charge >= 0.3 is 0 Å². The molecule has 3 aromatic rings. The molecule has 1 aromatic heterocycles. The number of hydrogen-bond donors (Lipinski definition) is 2. The van der Waals surface area contributed by atoms with Crippen molar-refractivity contribution in [3.63, 3.8) is 0 Å². The first-order chi connectivity index (χ1) is 9.74. The Morgan fingerprint density at radius 2 is 2.15 bits per heavy atom. The lowest BCUT2D eigenvalue weighted by Gasteiger charge is -2.03. The third-order valence-electron chi connectivity index (χ3n) is 3.15. The van der Waals surface area contributed by atoms with Gasteiger partial charge in [-0.3, -0.25) is 0 Å². The van der Waals surface area contributed by atoms with E-state index in [1.165, 1.54) is 5.56 Å². The molecule has 98 valence electrons. The maximum Gasteiger partial charge on any atom is 0.201 e. The van der Waals surface area contributed by atoms with Gasteiger partial charge in [-0.05, 0) is 42.3 Å². The first kappa shape index (κ1) is 12.2. The number of aromatic nitrogens is 2. The van der Waals surface area contributed by atoms with Gasteiger partial charge in [0.05, 0.1) is 22.7 Å². The molecule has 2 aromatic carbocycles. The standard InChI is InChI=1S/C16H14N4/c1-11-5-6-14-15(7-11)20-16(19-14)18-10-13-4-2-3-12(8-13)9-17/h2-8H,10H2,1H3,(H2,18,19,20). The highest BCUT2D eigenvalue weighted by Crippen LogP contribution is 2.16. The van der Waals surface area contributed by atoms with E-state index in [0.29, 0.717) is 12.1 Å². The van der Waals surface area contributed by atoms with Gasteiger partial charge in [0.25, 0.3) is 0 Å². The second-order valence-electron chi connectivity index (χ2n) is 4.77. The van der Waals surface area contributed by atoms with E-state index >= 15 is 0 Å². The summed E-state index contributed by atoms with van der Waals surface area (Å²) in [6.45, 7) is 2.69. The van der Waals surface area contributed by atoms with Crippen molar-refractivity contribution in [1.82, 2.24) is 9.97 Å². The van der Waals surface area contributed by atoms with E-state index in [1.807, 2.05) is 30.3 Å². The van der Waals surface area contributed by atoms with Gasteiger partial charge in [-0.25, -0.2) is 4.98 Å². The summed E-state index contributed by atoms with van der Waals surface area (Å²) in [6.07, 6.45) is 0. The number of anilines is 1. The molecule has 0 unspecified atom stereocenters. The van der Waals surface area contributed by atoms with Crippen molar-refractivity contribution in [2.45, 2.75) is 13.5 Å². The van der Waals surface area contributed by atoms with E-state index in [1.54, 1.807) is 6.07 Å². The molecule has 3 rings (SSSR count). The zero-order valence-electron chi connectivity index (χ0n) is 11.1. The van der Waals surface area contributed by atoms with Crippen molar-refractivity contribution in [3.05, 3.63) is 59.2 Å². The van der Waals surface area contributed by atoms with Crippen molar-refractivity contribution in [2.24, 2.45) is 0 Å². The van der Waals surface area contributed by atoms with Crippen LogP contribution in [0.15, 0.2) is 42.5 Å². The Hall–Kier alpha value is -2.80. The third kappa shape index (κ3) is 2.47. The lowest BCUT2D eigenvalue weighted by Crippen LogP contribution is -2.00. The number of aromatic amines is 1. The molecule has 0 aliphatic carbocycles. The summed E-state index contributed by atoms with van der Waals surface area (Å²) in [5.74, 6) is 0.743. The van der Waals surface area contributed by atoms with Gasteiger partial charge in [0.2, 0.25) is 5.95 Å². The first-order valence-electron chi connectivity index (χ1n) is 6.44. The first-order valence-corrected chi connectivity index (χ1v) is 6.44. The predicted octanol–water partition coefficient (Wildman–Crippen LogP) is 3.36. The van der Waals surface area contributed by atoms with Gasteiger partial charge in [0.15, 0.2) is 0 Å². The highest BCUT2D eigenvalue weighted by atomic mass is 15.1. The van der Waals surface area contributed by atoms with Crippen molar-refractivity contribution in [3.8, 4) is 6.07 Å². The number of nitriles is 1. The van der Waals surface area contributed by atoms with Gasteiger partial charge in [-0.15, -0.1) is 0 Å². The van der Waals surface area contributed by atoms with Crippen molar-refractivity contribution in [1.29, 1.82) is 5.26 Å². The number of imidazole rings is 1. The molecule has 0 bridgehead atoms. The monoisotopic (exact) mass is 262 g/mol. The van der Waals surface area contributed by atoms with Crippen molar-refractivity contribution < 1.29 is 0 Å². The van der Waals surface area contributed by atoms with E-state index in [2.05, 4.69) is 34.3 Å². The Morgan fingerprint density at radius 3 is 3.00 bits per heavy atom. The van der Waals surface area contributed by atoms with Crippen LogP contribution in [0.1, 0.15) is 16.7 Å². The fraction of sp³-hybridized carbons (Fsp3) is 0.125. The normalized spacial score (nSPS) is 10.4. The minimum Gasteiger partial charge on any atom is -0.352 e. The second-order valence-corrected chi connectivity index (χ2v) is 4.77. The Kier molecular flexibility index (Phi) is 3.10. The fourth-order valence-corrected chi connectivity index (χ4v) is 2.14. The van der Waals surface area contributed by atoms with Gasteiger partial charge in [0.1, 0.15) is 0 Å². The average Bonchev–Trinajstić information content (AvgIpc) is 2.87. The van der Waals surface area contributed by atoms with E-state index in [-0.39, 0.29) is 0 Å². The summed E-state index contributed by atoms with van der Waals surface area (Å²) in [6, 6.07) is 15.8. The van der Waals surface area contributed by atoms with Crippen molar-refractivity contribution in [2.75, 3.05) is 5.32 Å². The van der Waals surface area contributed by atoms with Crippen LogP contribution in [-0.4, -0.2) is 9.97 Å². The van der Waals surface area contributed by atoms with Crippen molar-refractivity contribution >= 4 is 17.0 Å². The van der Waals surface area contributed by atoms with Gasteiger partial charge in [-0.2, -0.15) is 5.26 Å². The molecule has 0 atom stereocenters. The second kappa shape index (κ2) is 5.06. The third-order valence-corrected chi connectivity index (χ3v) is 3.15. The molecule has 0 saturated carbocycles. The van der Waals surface area contributed by atoms with E-state index in [0.717, 1.165) is 22.5 Å². The van der Waals surface area contributed by atoms with Crippen LogP contribution in [0.4, 0.5) is 5.95 Å². The highest BCUT2D eigenvalue weighted by molar-refractivity contribution is 5.78. The summed E-state index contributed by atoms with van der Waals surface area (Å²) >= 11 is 0. The van der Waals surface area contributed by atoms with E-state index in [4.69, 9.17) is 5.26 Å². The molecule has 0 amide bonds. The molecule has 0 aliphatic rings. The zero-order chi connectivity index (χ0) is 13.9. The Morgan fingerprint density at radius 1 is 1.25 bits per heavy atom. The van der Waals surface area contributed by atoms with Gasteiger partial charge in [-0.1, -0.05) is 18.2 Å². The molecule has 20 heavy (non-hydrogen) atoms. The van der Waals surface area contributed by atoms with Crippen LogP contribution in [0.25, 0.3) is 11.0 Å². The number of benzene rings is 2. The van der Waals surface area contributed by atoms with Crippen LogP contribution >= 0.6 is 0 Å². The molecule has 0 spiro atoms. The molecular weight excluding hydrogens is 248 g/mol. The number of fused-ring (bicyclic) bond motifs is 1. The highest BCUT2D eigenvalue weighted by Gasteiger charge is 2.02. The number of hydrogen-bond acceptors (Lipinski definition) is 3. The van der Waals surface area contributed by atoms with Gasteiger partial charge < -0.3 is 10.3 Å². The summed E-state index contributed by atoms with van der Waals surface area (Å²) in [5.41, 5.74) is 4.90.